The molecule has 1 aromatic rings. The molecule has 0 aliphatic carbocycles. The van der Waals surface area contributed by atoms with Gasteiger partial charge >= 0.3 is 0 Å². The van der Waals surface area contributed by atoms with Gasteiger partial charge in [0.1, 0.15) is 11.5 Å². The number of hydrogen-bond acceptors (Lipinski definition) is 1. The van der Waals surface area contributed by atoms with Crippen molar-refractivity contribution in [3.05, 3.63) is 35.9 Å². The second kappa shape index (κ2) is 5.48. The SMILES string of the molecule is CC(C)C(C)(C(=O)c1ccccc1)[S+]1CCCC1. The van der Waals surface area contributed by atoms with Crippen molar-refractivity contribution in [3.63, 3.8) is 0 Å². The summed E-state index contributed by atoms with van der Waals surface area (Å²) in [7, 11) is 0.259. The molecule has 0 spiro atoms. The summed E-state index contributed by atoms with van der Waals surface area (Å²) in [5.41, 5.74) is 0.883. The number of rotatable bonds is 4. The highest BCUT2D eigenvalue weighted by Gasteiger charge is 2.53. The van der Waals surface area contributed by atoms with E-state index in [-0.39, 0.29) is 15.6 Å². The summed E-state index contributed by atoms with van der Waals surface area (Å²) in [5.74, 6) is 3.25. The van der Waals surface area contributed by atoms with Crippen LogP contribution in [-0.4, -0.2) is 22.0 Å². The molecule has 98 valence electrons. The van der Waals surface area contributed by atoms with Crippen molar-refractivity contribution in [3.8, 4) is 0 Å². The van der Waals surface area contributed by atoms with E-state index in [4.69, 9.17) is 0 Å². The maximum Gasteiger partial charge on any atom is 0.217 e. The van der Waals surface area contributed by atoms with Crippen molar-refractivity contribution in [2.75, 3.05) is 11.5 Å². The van der Waals surface area contributed by atoms with Crippen LogP contribution in [0.5, 0.6) is 0 Å². The molecule has 1 saturated heterocycles. The van der Waals surface area contributed by atoms with Crippen molar-refractivity contribution in [2.24, 2.45) is 5.92 Å². The average Bonchev–Trinajstić information content (AvgIpc) is 2.92. The van der Waals surface area contributed by atoms with Crippen molar-refractivity contribution < 1.29 is 4.79 Å². The number of carbonyl (C=O) groups is 1. The van der Waals surface area contributed by atoms with E-state index >= 15 is 0 Å². The fraction of sp³-hybridized carbons (Fsp3) is 0.562. The Balaban J connectivity index is 2.33. The summed E-state index contributed by atoms with van der Waals surface area (Å²) in [4.78, 5) is 12.9. The lowest BCUT2D eigenvalue weighted by molar-refractivity contribution is 0.0925. The molecule has 2 heteroatoms. The predicted octanol–water partition coefficient (Wildman–Crippen LogP) is 3.70. The highest BCUT2D eigenvalue weighted by atomic mass is 32.2. The summed E-state index contributed by atoms with van der Waals surface area (Å²) < 4.78 is -0.169. The molecule has 1 unspecified atom stereocenters. The molecule has 0 amide bonds. The standard InChI is InChI=1S/C16H23OS/c1-13(2)16(3,18-11-7-8-12-18)15(17)14-9-5-4-6-10-14/h4-6,9-10,13H,7-8,11-12H2,1-3H3/q+1. The zero-order valence-electron chi connectivity index (χ0n) is 11.6. The van der Waals surface area contributed by atoms with Crippen LogP contribution in [-0.2, 0) is 10.9 Å². The fourth-order valence-electron chi connectivity index (χ4n) is 2.68. The molecule has 0 N–H and O–H groups in total. The molecular weight excluding hydrogens is 240 g/mol. The van der Waals surface area contributed by atoms with Gasteiger partial charge in [-0.2, -0.15) is 0 Å². The second-order valence-electron chi connectivity index (χ2n) is 5.57. The molecule has 1 aliphatic heterocycles. The minimum atomic E-state index is -0.169. The van der Waals surface area contributed by atoms with Crippen LogP contribution in [0, 0.1) is 5.92 Å². The van der Waals surface area contributed by atoms with Crippen LogP contribution in [0.2, 0.25) is 0 Å². The van der Waals surface area contributed by atoms with Gasteiger partial charge in [-0.3, -0.25) is 4.79 Å². The highest BCUT2D eigenvalue weighted by Crippen LogP contribution is 2.36. The minimum Gasteiger partial charge on any atom is -0.288 e. The summed E-state index contributed by atoms with van der Waals surface area (Å²) in [6.07, 6.45) is 2.60. The molecule has 1 aromatic carbocycles. The van der Waals surface area contributed by atoms with E-state index in [1.54, 1.807) is 0 Å². The molecular formula is C16H23OS+. The van der Waals surface area contributed by atoms with Gasteiger partial charge in [0.05, 0.1) is 0 Å². The van der Waals surface area contributed by atoms with Gasteiger partial charge in [0, 0.05) is 22.4 Å². The summed E-state index contributed by atoms with van der Waals surface area (Å²) in [6.45, 7) is 6.60. The Kier molecular flexibility index (Phi) is 4.16. The number of benzene rings is 1. The maximum absolute atomic E-state index is 12.9. The van der Waals surface area contributed by atoms with Gasteiger partial charge in [0.15, 0.2) is 4.75 Å². The number of hydrogen-bond donors (Lipinski definition) is 0. The lowest BCUT2D eigenvalue weighted by Crippen LogP contribution is -2.49. The largest absolute Gasteiger partial charge is 0.288 e. The molecule has 0 radical (unpaired) electrons. The van der Waals surface area contributed by atoms with E-state index in [0.29, 0.717) is 11.7 Å². The van der Waals surface area contributed by atoms with E-state index in [9.17, 15) is 4.79 Å². The van der Waals surface area contributed by atoms with Crippen LogP contribution in [0.1, 0.15) is 44.0 Å². The quantitative estimate of drug-likeness (QED) is 0.598. The van der Waals surface area contributed by atoms with Gasteiger partial charge in [0.2, 0.25) is 5.78 Å². The monoisotopic (exact) mass is 263 g/mol. The minimum absolute atomic E-state index is 0.169. The third kappa shape index (κ3) is 2.35. The van der Waals surface area contributed by atoms with E-state index in [0.717, 1.165) is 5.56 Å². The molecule has 1 fully saturated rings. The molecule has 1 nitrogen and oxygen atoms in total. The van der Waals surface area contributed by atoms with Gasteiger partial charge < -0.3 is 0 Å². The van der Waals surface area contributed by atoms with Crippen LogP contribution in [0.3, 0.4) is 0 Å². The van der Waals surface area contributed by atoms with Crippen molar-refractivity contribution in [1.82, 2.24) is 0 Å². The zero-order chi connectivity index (χ0) is 13.2. The molecule has 1 heterocycles. The van der Waals surface area contributed by atoms with E-state index in [2.05, 4.69) is 20.8 Å². The first-order valence-corrected chi connectivity index (χ1v) is 8.40. The first-order chi connectivity index (χ1) is 8.56. The summed E-state index contributed by atoms with van der Waals surface area (Å²) >= 11 is 0. The van der Waals surface area contributed by atoms with Crippen molar-refractivity contribution >= 4 is 16.7 Å². The molecule has 0 aromatic heterocycles. The Morgan fingerprint density at radius 3 is 2.22 bits per heavy atom. The zero-order valence-corrected chi connectivity index (χ0v) is 12.4. The molecule has 0 saturated carbocycles. The first kappa shape index (κ1) is 13.7. The van der Waals surface area contributed by atoms with Crippen LogP contribution in [0.25, 0.3) is 0 Å². The number of carbonyl (C=O) groups excluding carboxylic acids is 1. The topological polar surface area (TPSA) is 17.1 Å². The van der Waals surface area contributed by atoms with Crippen LogP contribution in [0.4, 0.5) is 0 Å². The highest BCUT2D eigenvalue weighted by molar-refractivity contribution is 7.99. The Bertz CT molecular complexity index is 406. The molecule has 1 aliphatic rings. The predicted molar refractivity (Wildman–Crippen MR) is 80.3 cm³/mol. The smallest absolute Gasteiger partial charge is 0.217 e. The molecule has 2 rings (SSSR count). The van der Waals surface area contributed by atoms with E-state index < -0.39 is 0 Å². The van der Waals surface area contributed by atoms with E-state index in [1.807, 2.05) is 30.3 Å². The Morgan fingerprint density at radius 2 is 1.72 bits per heavy atom. The normalized spacial score (nSPS) is 20.0. The van der Waals surface area contributed by atoms with Gasteiger partial charge in [-0.15, -0.1) is 0 Å². The van der Waals surface area contributed by atoms with Gasteiger partial charge in [-0.05, 0) is 19.8 Å². The van der Waals surface area contributed by atoms with Crippen molar-refractivity contribution in [1.29, 1.82) is 0 Å². The summed E-state index contributed by atoms with van der Waals surface area (Å²) in [5, 5.41) is 0. The Labute approximate surface area is 113 Å². The first-order valence-electron chi connectivity index (χ1n) is 6.84. The van der Waals surface area contributed by atoms with Crippen LogP contribution in [0.15, 0.2) is 30.3 Å². The number of ketones is 1. The van der Waals surface area contributed by atoms with Gasteiger partial charge in [-0.1, -0.05) is 44.2 Å². The Hall–Kier alpha value is -0.760. The van der Waals surface area contributed by atoms with Crippen molar-refractivity contribution in [2.45, 2.75) is 38.4 Å². The van der Waals surface area contributed by atoms with Gasteiger partial charge in [0.25, 0.3) is 0 Å². The fourth-order valence-corrected chi connectivity index (χ4v) is 5.89. The second-order valence-corrected chi connectivity index (χ2v) is 8.22. The molecule has 0 bridgehead atoms. The molecule has 18 heavy (non-hydrogen) atoms. The molecule has 1 atom stereocenters. The van der Waals surface area contributed by atoms with Gasteiger partial charge in [-0.25, -0.2) is 0 Å². The lowest BCUT2D eigenvalue weighted by atomic mass is 9.88. The Morgan fingerprint density at radius 1 is 1.17 bits per heavy atom. The maximum atomic E-state index is 12.9. The van der Waals surface area contributed by atoms with Crippen LogP contribution >= 0.6 is 0 Å². The lowest BCUT2D eigenvalue weighted by Gasteiger charge is -2.30. The number of Topliss-reactive ketones (excluding diaryl/α,β-unsaturated/α-hetero) is 1. The summed E-state index contributed by atoms with van der Waals surface area (Å²) in [6, 6.07) is 9.82. The van der Waals surface area contributed by atoms with Crippen LogP contribution < -0.4 is 0 Å². The average molecular weight is 263 g/mol. The van der Waals surface area contributed by atoms with E-state index in [1.165, 1.54) is 24.3 Å². The third-order valence-corrected chi connectivity index (χ3v) is 7.64. The third-order valence-electron chi connectivity index (χ3n) is 4.22.